The van der Waals surface area contributed by atoms with Gasteiger partial charge in [0.15, 0.2) is 5.82 Å². The number of amides is 1. The fraction of sp³-hybridized carbons (Fsp3) is 0.263. The molecule has 0 fully saturated rings. The normalized spacial score (nSPS) is 10.4. The fourth-order valence-corrected chi connectivity index (χ4v) is 2.48. The van der Waals surface area contributed by atoms with Crippen LogP contribution in [-0.4, -0.2) is 33.2 Å². The third-order valence-electron chi connectivity index (χ3n) is 3.98. The summed E-state index contributed by atoms with van der Waals surface area (Å²) in [5.41, 5.74) is 1.51. The van der Waals surface area contributed by atoms with Crippen molar-refractivity contribution in [3.63, 3.8) is 0 Å². The van der Waals surface area contributed by atoms with E-state index in [-0.39, 0.29) is 12.5 Å². The van der Waals surface area contributed by atoms with Crippen LogP contribution in [0.1, 0.15) is 28.7 Å². The van der Waals surface area contributed by atoms with Crippen LogP contribution in [0.2, 0.25) is 0 Å². The summed E-state index contributed by atoms with van der Waals surface area (Å²) in [5.74, 6) is 1.82. The molecule has 3 aromatic rings. The molecule has 0 aliphatic carbocycles. The van der Waals surface area contributed by atoms with E-state index in [0.29, 0.717) is 30.2 Å². The van der Waals surface area contributed by atoms with Crippen molar-refractivity contribution in [1.29, 1.82) is 0 Å². The van der Waals surface area contributed by atoms with Crippen LogP contribution in [0.25, 0.3) is 0 Å². The summed E-state index contributed by atoms with van der Waals surface area (Å²) in [4.78, 5) is 12.4. The molecule has 0 spiro atoms. The average molecular weight is 367 g/mol. The second-order valence-corrected chi connectivity index (χ2v) is 5.76. The van der Waals surface area contributed by atoms with E-state index in [9.17, 15) is 4.79 Å². The van der Waals surface area contributed by atoms with E-state index in [1.807, 2.05) is 31.2 Å². The third kappa shape index (κ3) is 4.81. The van der Waals surface area contributed by atoms with E-state index < -0.39 is 0 Å². The molecule has 0 bridgehead atoms. The standard InChI is InChI=1S/C19H21N5O3/c1-3-24-18(21-22-23-24)13-27-17-6-4-5-15(11-17)19(25)20-12-14-7-9-16(26-2)10-8-14/h4-11H,3,12-13H2,1-2H3,(H,20,25). The second-order valence-electron chi connectivity index (χ2n) is 5.76. The summed E-state index contributed by atoms with van der Waals surface area (Å²) in [7, 11) is 1.62. The molecule has 0 atom stereocenters. The minimum Gasteiger partial charge on any atom is -0.497 e. The molecule has 0 saturated heterocycles. The van der Waals surface area contributed by atoms with Crippen LogP contribution in [0, 0.1) is 0 Å². The van der Waals surface area contributed by atoms with E-state index in [1.165, 1.54) is 0 Å². The summed E-state index contributed by atoms with van der Waals surface area (Å²) < 4.78 is 12.5. The van der Waals surface area contributed by atoms with Gasteiger partial charge in [0.05, 0.1) is 7.11 Å². The Balaban J connectivity index is 1.57. The van der Waals surface area contributed by atoms with Crippen LogP contribution in [0.5, 0.6) is 11.5 Å². The number of hydrogen-bond acceptors (Lipinski definition) is 6. The number of nitrogens with zero attached hydrogens (tertiary/aromatic N) is 4. The van der Waals surface area contributed by atoms with E-state index in [4.69, 9.17) is 9.47 Å². The maximum Gasteiger partial charge on any atom is 0.251 e. The lowest BCUT2D eigenvalue weighted by Crippen LogP contribution is -2.22. The number of rotatable bonds is 8. The van der Waals surface area contributed by atoms with Crippen molar-refractivity contribution in [3.8, 4) is 11.5 Å². The van der Waals surface area contributed by atoms with Gasteiger partial charge in [-0.15, -0.1) is 5.10 Å². The van der Waals surface area contributed by atoms with E-state index >= 15 is 0 Å². The first kappa shape index (κ1) is 18.4. The van der Waals surface area contributed by atoms with Crippen molar-refractivity contribution in [2.45, 2.75) is 26.6 Å². The number of hydrogen-bond donors (Lipinski definition) is 1. The number of carbonyl (C=O) groups is 1. The summed E-state index contributed by atoms with van der Waals surface area (Å²) in [5, 5.41) is 14.3. The molecular weight excluding hydrogens is 346 g/mol. The highest BCUT2D eigenvalue weighted by Gasteiger charge is 2.09. The van der Waals surface area contributed by atoms with Gasteiger partial charge in [-0.1, -0.05) is 18.2 Å². The number of aryl methyl sites for hydroxylation is 1. The molecule has 0 aliphatic rings. The molecule has 0 radical (unpaired) electrons. The molecule has 8 nitrogen and oxygen atoms in total. The predicted octanol–water partition coefficient (Wildman–Crippen LogP) is 2.21. The van der Waals surface area contributed by atoms with Gasteiger partial charge in [-0.05, 0) is 53.2 Å². The lowest BCUT2D eigenvalue weighted by Gasteiger charge is -2.09. The van der Waals surface area contributed by atoms with Gasteiger partial charge in [0.1, 0.15) is 18.1 Å². The first-order valence-corrected chi connectivity index (χ1v) is 8.58. The molecule has 27 heavy (non-hydrogen) atoms. The van der Waals surface area contributed by atoms with E-state index in [1.54, 1.807) is 36.1 Å². The number of aromatic nitrogens is 4. The Morgan fingerprint density at radius 2 is 1.96 bits per heavy atom. The highest BCUT2D eigenvalue weighted by Crippen LogP contribution is 2.15. The van der Waals surface area contributed by atoms with Crippen molar-refractivity contribution >= 4 is 5.91 Å². The van der Waals surface area contributed by atoms with Crippen molar-refractivity contribution in [3.05, 3.63) is 65.5 Å². The second kappa shape index (κ2) is 8.79. The fourth-order valence-electron chi connectivity index (χ4n) is 2.48. The summed E-state index contributed by atoms with van der Waals surface area (Å²) >= 11 is 0. The quantitative estimate of drug-likeness (QED) is 0.656. The van der Waals surface area contributed by atoms with Crippen LogP contribution in [0.3, 0.4) is 0 Å². The Bertz CT molecular complexity index is 892. The van der Waals surface area contributed by atoms with Gasteiger partial charge in [0.2, 0.25) is 0 Å². The minimum absolute atomic E-state index is 0.172. The molecular formula is C19H21N5O3. The molecule has 1 N–H and O–H groups in total. The number of nitrogens with one attached hydrogen (secondary N) is 1. The molecule has 1 heterocycles. The summed E-state index contributed by atoms with van der Waals surface area (Å²) in [6.07, 6.45) is 0. The maximum absolute atomic E-state index is 12.4. The van der Waals surface area contributed by atoms with E-state index in [0.717, 1.165) is 11.3 Å². The van der Waals surface area contributed by atoms with Crippen LogP contribution < -0.4 is 14.8 Å². The van der Waals surface area contributed by atoms with Gasteiger partial charge >= 0.3 is 0 Å². The Morgan fingerprint density at radius 1 is 1.15 bits per heavy atom. The summed E-state index contributed by atoms with van der Waals surface area (Å²) in [6.45, 7) is 3.28. The number of tetrazole rings is 1. The third-order valence-corrected chi connectivity index (χ3v) is 3.98. The molecule has 8 heteroatoms. The van der Waals surface area contributed by atoms with Crippen LogP contribution in [0.15, 0.2) is 48.5 Å². The van der Waals surface area contributed by atoms with Gasteiger partial charge in [-0.3, -0.25) is 4.79 Å². The zero-order chi connectivity index (χ0) is 19.1. The first-order valence-electron chi connectivity index (χ1n) is 8.58. The number of carbonyl (C=O) groups excluding carboxylic acids is 1. The van der Waals surface area contributed by atoms with Crippen molar-refractivity contribution < 1.29 is 14.3 Å². The molecule has 140 valence electrons. The monoisotopic (exact) mass is 367 g/mol. The molecule has 0 saturated carbocycles. The highest BCUT2D eigenvalue weighted by atomic mass is 16.5. The molecule has 3 rings (SSSR count). The van der Waals surface area contributed by atoms with Crippen molar-refractivity contribution in [2.75, 3.05) is 7.11 Å². The Kier molecular flexibility index (Phi) is 5.98. The SMILES string of the molecule is CCn1nnnc1COc1cccc(C(=O)NCc2ccc(OC)cc2)c1. The molecule has 2 aromatic carbocycles. The Hall–Kier alpha value is -3.42. The zero-order valence-electron chi connectivity index (χ0n) is 15.3. The van der Waals surface area contributed by atoms with Crippen LogP contribution >= 0.6 is 0 Å². The van der Waals surface area contributed by atoms with Gasteiger partial charge in [0.25, 0.3) is 5.91 Å². The minimum atomic E-state index is -0.172. The summed E-state index contributed by atoms with van der Waals surface area (Å²) in [6, 6.07) is 14.6. The Morgan fingerprint density at radius 3 is 2.70 bits per heavy atom. The van der Waals surface area contributed by atoms with Crippen LogP contribution in [-0.2, 0) is 19.7 Å². The number of methoxy groups -OCH3 is 1. The number of benzene rings is 2. The molecule has 1 aromatic heterocycles. The Labute approximate surface area is 157 Å². The molecule has 0 unspecified atom stereocenters. The van der Waals surface area contributed by atoms with Crippen molar-refractivity contribution in [1.82, 2.24) is 25.5 Å². The smallest absolute Gasteiger partial charge is 0.251 e. The maximum atomic E-state index is 12.4. The largest absolute Gasteiger partial charge is 0.497 e. The average Bonchev–Trinajstić information content (AvgIpc) is 3.18. The van der Waals surface area contributed by atoms with Gasteiger partial charge in [-0.25, -0.2) is 4.68 Å². The molecule has 1 amide bonds. The topological polar surface area (TPSA) is 91.2 Å². The first-order chi connectivity index (χ1) is 13.2. The van der Waals surface area contributed by atoms with Crippen molar-refractivity contribution in [2.24, 2.45) is 0 Å². The predicted molar refractivity (Wildman–Crippen MR) is 98.4 cm³/mol. The molecule has 0 aliphatic heterocycles. The lowest BCUT2D eigenvalue weighted by molar-refractivity contribution is 0.0950. The highest BCUT2D eigenvalue weighted by molar-refractivity contribution is 5.94. The van der Waals surface area contributed by atoms with Gasteiger partial charge in [0, 0.05) is 18.7 Å². The zero-order valence-corrected chi connectivity index (χ0v) is 15.3. The number of ether oxygens (including phenoxy) is 2. The van der Waals surface area contributed by atoms with E-state index in [2.05, 4.69) is 20.8 Å². The van der Waals surface area contributed by atoms with Crippen LogP contribution in [0.4, 0.5) is 0 Å². The van der Waals surface area contributed by atoms with Gasteiger partial charge < -0.3 is 14.8 Å². The van der Waals surface area contributed by atoms with Gasteiger partial charge in [-0.2, -0.15) is 0 Å². The lowest BCUT2D eigenvalue weighted by atomic mass is 10.2.